The van der Waals surface area contributed by atoms with Crippen LogP contribution in [0.2, 0.25) is 0 Å². The van der Waals surface area contributed by atoms with Gasteiger partial charge in [0.2, 0.25) is 11.8 Å². The summed E-state index contributed by atoms with van der Waals surface area (Å²) < 4.78 is 0. The van der Waals surface area contributed by atoms with Gasteiger partial charge in [-0.2, -0.15) is 0 Å². The van der Waals surface area contributed by atoms with Crippen LogP contribution in [0.25, 0.3) is 10.9 Å². The van der Waals surface area contributed by atoms with Gasteiger partial charge in [-0.25, -0.2) is 0 Å². The van der Waals surface area contributed by atoms with Crippen LogP contribution < -0.4 is 10.2 Å². The number of amides is 2. The summed E-state index contributed by atoms with van der Waals surface area (Å²) in [5, 5.41) is 4.22. The van der Waals surface area contributed by atoms with Crippen molar-refractivity contribution in [2.45, 2.75) is 18.8 Å². The molecule has 1 saturated heterocycles. The van der Waals surface area contributed by atoms with E-state index in [4.69, 9.17) is 0 Å². The highest BCUT2D eigenvalue weighted by atomic mass is 16.2. The summed E-state index contributed by atoms with van der Waals surface area (Å²) in [6, 6.07) is 16.6. The van der Waals surface area contributed by atoms with Crippen molar-refractivity contribution in [1.82, 2.24) is 15.2 Å². The maximum Gasteiger partial charge on any atom is 0.239 e. The number of benzene rings is 2. The van der Waals surface area contributed by atoms with Crippen LogP contribution in [-0.2, 0) is 9.59 Å². The second-order valence-corrected chi connectivity index (χ2v) is 8.05. The number of hydrogen-bond acceptors (Lipinski definition) is 3. The average Bonchev–Trinajstić information content (AvgIpc) is 3.35. The van der Waals surface area contributed by atoms with Crippen molar-refractivity contribution in [3.63, 3.8) is 0 Å². The molecule has 0 bridgehead atoms. The Morgan fingerprint density at radius 1 is 1.17 bits per heavy atom. The lowest BCUT2D eigenvalue weighted by atomic mass is 9.90. The minimum Gasteiger partial charge on any atom is -0.378 e. The van der Waals surface area contributed by atoms with Gasteiger partial charge in [0, 0.05) is 62.3 Å². The smallest absolute Gasteiger partial charge is 0.239 e. The highest BCUT2D eigenvalue weighted by molar-refractivity contribution is 5.86. The van der Waals surface area contributed by atoms with Gasteiger partial charge in [0.1, 0.15) is 0 Å². The molecule has 1 fully saturated rings. The molecule has 1 aromatic heterocycles. The number of likely N-dealkylation sites (tertiary alicyclic amines) is 1. The van der Waals surface area contributed by atoms with E-state index in [0.29, 0.717) is 19.5 Å². The average molecular weight is 405 g/mol. The Balaban J connectivity index is 1.57. The third-order valence-corrected chi connectivity index (χ3v) is 5.82. The topological polar surface area (TPSA) is 68.4 Å². The quantitative estimate of drug-likeness (QED) is 0.636. The molecule has 1 aliphatic heterocycles. The number of carbonyl (C=O) groups is 2. The van der Waals surface area contributed by atoms with Gasteiger partial charge in [-0.3, -0.25) is 9.59 Å². The highest BCUT2D eigenvalue weighted by Gasteiger charge is 2.24. The number of rotatable bonds is 7. The van der Waals surface area contributed by atoms with Crippen LogP contribution in [0.5, 0.6) is 0 Å². The fraction of sp³-hybridized carbons (Fsp3) is 0.333. The monoisotopic (exact) mass is 404 g/mol. The largest absolute Gasteiger partial charge is 0.378 e. The molecule has 0 radical (unpaired) electrons. The van der Waals surface area contributed by atoms with E-state index in [9.17, 15) is 9.59 Å². The first kappa shape index (κ1) is 20.0. The summed E-state index contributed by atoms with van der Waals surface area (Å²) in [7, 11) is 4.04. The lowest BCUT2D eigenvalue weighted by Crippen LogP contribution is -2.39. The zero-order chi connectivity index (χ0) is 21.1. The lowest BCUT2D eigenvalue weighted by molar-refractivity contribution is -0.133. The van der Waals surface area contributed by atoms with Crippen molar-refractivity contribution < 1.29 is 9.59 Å². The van der Waals surface area contributed by atoms with Gasteiger partial charge in [0.25, 0.3) is 0 Å². The summed E-state index contributed by atoms with van der Waals surface area (Å²) in [6.07, 6.45) is 3.41. The molecule has 2 N–H and O–H groups in total. The van der Waals surface area contributed by atoms with E-state index in [1.165, 1.54) is 0 Å². The van der Waals surface area contributed by atoms with E-state index in [-0.39, 0.29) is 24.3 Å². The summed E-state index contributed by atoms with van der Waals surface area (Å²) in [4.78, 5) is 31.4. The Labute approximate surface area is 176 Å². The zero-order valence-electron chi connectivity index (χ0n) is 17.5. The summed E-state index contributed by atoms with van der Waals surface area (Å²) in [6.45, 7) is 1.28. The summed E-state index contributed by atoms with van der Waals surface area (Å²) in [5.74, 6) is -0.0341. The Morgan fingerprint density at radius 3 is 2.63 bits per heavy atom. The van der Waals surface area contributed by atoms with Gasteiger partial charge in [-0.15, -0.1) is 0 Å². The van der Waals surface area contributed by atoms with Crippen LogP contribution in [-0.4, -0.2) is 55.4 Å². The van der Waals surface area contributed by atoms with E-state index >= 15 is 0 Å². The summed E-state index contributed by atoms with van der Waals surface area (Å²) >= 11 is 0. The number of hydrogen-bond donors (Lipinski definition) is 2. The molecule has 0 saturated carbocycles. The Kier molecular flexibility index (Phi) is 5.74. The Bertz CT molecular complexity index is 1040. The van der Waals surface area contributed by atoms with Crippen molar-refractivity contribution in [2.24, 2.45) is 0 Å². The summed E-state index contributed by atoms with van der Waals surface area (Å²) in [5.41, 5.74) is 4.51. The van der Waals surface area contributed by atoms with Gasteiger partial charge in [0.05, 0.1) is 6.54 Å². The van der Waals surface area contributed by atoms with Crippen LogP contribution >= 0.6 is 0 Å². The molecular weight excluding hydrogens is 376 g/mol. The number of aromatic nitrogens is 1. The molecule has 0 aliphatic carbocycles. The van der Waals surface area contributed by atoms with E-state index in [2.05, 4.69) is 51.6 Å². The fourth-order valence-electron chi connectivity index (χ4n) is 4.11. The van der Waals surface area contributed by atoms with Crippen LogP contribution in [0.4, 0.5) is 5.69 Å². The number of nitrogens with zero attached hydrogens (tertiary/aromatic N) is 2. The second-order valence-electron chi connectivity index (χ2n) is 8.05. The maximum absolute atomic E-state index is 12.5. The van der Waals surface area contributed by atoms with E-state index in [0.717, 1.165) is 34.1 Å². The third-order valence-electron chi connectivity index (χ3n) is 5.82. The van der Waals surface area contributed by atoms with Crippen LogP contribution in [0.3, 0.4) is 0 Å². The number of anilines is 1. The van der Waals surface area contributed by atoms with Gasteiger partial charge < -0.3 is 20.1 Å². The Morgan fingerprint density at radius 2 is 1.93 bits per heavy atom. The standard InChI is InChI=1S/C24H28N4O2/c1-27(2)18-11-9-17(10-12-18)20(21-15-25-22-7-4-3-6-19(21)22)14-26-23(29)16-28-13-5-8-24(28)30/h3-4,6-7,9-12,15,20,25H,5,8,13-14,16H2,1-2H3,(H,26,29). The number of aromatic amines is 1. The van der Waals surface area contributed by atoms with E-state index < -0.39 is 0 Å². The molecule has 2 aromatic carbocycles. The lowest BCUT2D eigenvalue weighted by Gasteiger charge is -2.21. The molecule has 3 aromatic rings. The Hall–Kier alpha value is -3.28. The molecule has 2 amide bonds. The molecule has 1 atom stereocenters. The van der Waals surface area contributed by atoms with Gasteiger partial charge >= 0.3 is 0 Å². The van der Waals surface area contributed by atoms with Gasteiger partial charge in [-0.1, -0.05) is 30.3 Å². The number of fused-ring (bicyclic) bond motifs is 1. The highest BCUT2D eigenvalue weighted by Crippen LogP contribution is 2.31. The van der Waals surface area contributed by atoms with E-state index in [1.54, 1.807) is 4.90 Å². The van der Waals surface area contributed by atoms with Crippen molar-refractivity contribution in [3.05, 3.63) is 65.9 Å². The fourth-order valence-corrected chi connectivity index (χ4v) is 4.11. The number of nitrogens with one attached hydrogen (secondary N) is 2. The SMILES string of the molecule is CN(C)c1ccc(C(CNC(=O)CN2CCCC2=O)c2c[nH]c3ccccc23)cc1. The molecule has 0 spiro atoms. The molecular formula is C24H28N4O2. The van der Waals surface area contributed by atoms with E-state index in [1.807, 2.05) is 32.4 Å². The second kappa shape index (κ2) is 8.61. The van der Waals surface area contributed by atoms with Gasteiger partial charge in [-0.05, 0) is 35.7 Å². The molecule has 1 aliphatic rings. The first-order valence-electron chi connectivity index (χ1n) is 10.4. The normalized spacial score (nSPS) is 14.9. The zero-order valence-corrected chi connectivity index (χ0v) is 17.5. The molecule has 156 valence electrons. The number of H-pyrrole nitrogens is 1. The van der Waals surface area contributed by atoms with Crippen LogP contribution in [0.15, 0.2) is 54.7 Å². The first-order valence-corrected chi connectivity index (χ1v) is 10.4. The predicted octanol–water partition coefficient (Wildman–Crippen LogP) is 3.10. The van der Waals surface area contributed by atoms with Crippen molar-refractivity contribution in [1.29, 1.82) is 0 Å². The predicted molar refractivity (Wildman–Crippen MR) is 120 cm³/mol. The molecule has 6 heteroatoms. The van der Waals surface area contributed by atoms with Crippen LogP contribution in [0, 0.1) is 0 Å². The first-order chi connectivity index (χ1) is 14.5. The van der Waals surface area contributed by atoms with Crippen molar-refractivity contribution >= 4 is 28.4 Å². The van der Waals surface area contributed by atoms with Crippen LogP contribution in [0.1, 0.15) is 29.9 Å². The molecule has 4 rings (SSSR count). The minimum atomic E-state index is -0.111. The molecule has 1 unspecified atom stereocenters. The molecule has 6 nitrogen and oxygen atoms in total. The minimum absolute atomic E-state index is 0.00981. The van der Waals surface area contributed by atoms with Crippen molar-refractivity contribution in [3.8, 4) is 0 Å². The van der Waals surface area contributed by atoms with Crippen molar-refractivity contribution in [2.75, 3.05) is 38.6 Å². The third kappa shape index (κ3) is 4.17. The van der Waals surface area contributed by atoms with Gasteiger partial charge in [0.15, 0.2) is 0 Å². The molecule has 2 heterocycles. The molecule has 30 heavy (non-hydrogen) atoms. The number of para-hydroxylation sites is 1. The number of carbonyl (C=O) groups excluding carboxylic acids is 2. The maximum atomic E-state index is 12.5.